The van der Waals surface area contributed by atoms with Gasteiger partial charge in [0.05, 0.1) is 22.4 Å². The van der Waals surface area contributed by atoms with Crippen molar-refractivity contribution in [2.45, 2.75) is 0 Å². The Labute approximate surface area is 146 Å². The molecular formula is C17H12ClN3O2S. The summed E-state index contributed by atoms with van der Waals surface area (Å²) in [4.78, 5) is 20.1. The molecule has 0 saturated carbocycles. The third kappa shape index (κ3) is 2.40. The molecule has 0 unspecified atom stereocenters. The molecule has 120 valence electrons. The number of para-hydroxylation sites is 1. The monoisotopic (exact) mass is 357 g/mol. The van der Waals surface area contributed by atoms with Crippen LogP contribution in [0.15, 0.2) is 42.6 Å². The van der Waals surface area contributed by atoms with E-state index in [4.69, 9.17) is 16.3 Å². The second kappa shape index (κ2) is 5.81. The van der Waals surface area contributed by atoms with Gasteiger partial charge in [0.15, 0.2) is 5.13 Å². The molecule has 0 fully saturated rings. The molecule has 2 N–H and O–H groups in total. The Kier molecular flexibility index (Phi) is 3.63. The quantitative estimate of drug-likeness (QED) is 0.559. The van der Waals surface area contributed by atoms with Crippen LogP contribution in [-0.2, 0) is 0 Å². The Balaban J connectivity index is 1.71. The number of thiazole rings is 1. The van der Waals surface area contributed by atoms with E-state index in [2.05, 4.69) is 15.3 Å². The molecule has 2 aromatic heterocycles. The predicted molar refractivity (Wildman–Crippen MR) is 97.4 cm³/mol. The van der Waals surface area contributed by atoms with E-state index in [1.807, 2.05) is 24.3 Å². The molecule has 0 bridgehead atoms. The van der Waals surface area contributed by atoms with Crippen LogP contribution in [0.1, 0.15) is 10.4 Å². The van der Waals surface area contributed by atoms with Crippen molar-refractivity contribution in [1.29, 1.82) is 0 Å². The van der Waals surface area contributed by atoms with Gasteiger partial charge in [0.1, 0.15) is 11.3 Å². The average molecular weight is 358 g/mol. The number of nitrogens with zero attached hydrogens (tertiary/aromatic N) is 1. The molecular weight excluding hydrogens is 346 g/mol. The number of rotatable bonds is 3. The van der Waals surface area contributed by atoms with Crippen LogP contribution in [0, 0.1) is 0 Å². The largest absolute Gasteiger partial charge is 0.494 e. The topological polar surface area (TPSA) is 67.0 Å². The number of aromatic nitrogens is 2. The lowest BCUT2D eigenvalue weighted by molar-refractivity contribution is 0.102. The van der Waals surface area contributed by atoms with Crippen LogP contribution < -0.4 is 10.1 Å². The summed E-state index contributed by atoms with van der Waals surface area (Å²) < 4.78 is 6.08. The van der Waals surface area contributed by atoms with Crippen molar-refractivity contribution in [2.24, 2.45) is 0 Å². The highest BCUT2D eigenvalue weighted by Gasteiger charge is 2.16. The molecule has 2 aromatic carbocycles. The van der Waals surface area contributed by atoms with Crippen molar-refractivity contribution in [3.8, 4) is 5.75 Å². The van der Waals surface area contributed by atoms with Gasteiger partial charge in [-0.2, -0.15) is 0 Å². The van der Waals surface area contributed by atoms with E-state index < -0.39 is 0 Å². The fourth-order valence-corrected chi connectivity index (χ4v) is 3.75. The molecule has 0 radical (unpaired) electrons. The standard InChI is InChI=1S/C17H12ClN3O2S/c1-23-13-7-6-11(18)15-14(13)20-17(24-15)21-16(22)10-8-19-12-5-3-2-4-9(10)12/h2-8,19H,1H3,(H,20,21,22). The van der Waals surface area contributed by atoms with E-state index in [1.165, 1.54) is 11.3 Å². The van der Waals surface area contributed by atoms with Crippen LogP contribution >= 0.6 is 22.9 Å². The number of H-pyrrole nitrogens is 1. The van der Waals surface area contributed by atoms with Crippen molar-refractivity contribution >= 4 is 55.1 Å². The summed E-state index contributed by atoms with van der Waals surface area (Å²) in [6, 6.07) is 11.2. The van der Waals surface area contributed by atoms with Gasteiger partial charge in [-0.1, -0.05) is 41.1 Å². The highest BCUT2D eigenvalue weighted by molar-refractivity contribution is 7.23. The Bertz CT molecular complexity index is 1070. The molecule has 0 aliphatic carbocycles. The number of fused-ring (bicyclic) bond motifs is 2. The van der Waals surface area contributed by atoms with Crippen molar-refractivity contribution < 1.29 is 9.53 Å². The third-order valence-corrected chi connectivity index (χ3v) is 5.16. The second-order valence-corrected chi connectivity index (χ2v) is 6.55. The molecule has 0 spiro atoms. The van der Waals surface area contributed by atoms with Crippen molar-refractivity contribution in [3.63, 3.8) is 0 Å². The first-order valence-electron chi connectivity index (χ1n) is 7.18. The van der Waals surface area contributed by atoms with Gasteiger partial charge in [-0.25, -0.2) is 4.98 Å². The minimum atomic E-state index is -0.221. The normalized spacial score (nSPS) is 11.1. The number of carbonyl (C=O) groups excluding carboxylic acids is 1. The number of halogens is 1. The first-order valence-corrected chi connectivity index (χ1v) is 8.37. The van der Waals surface area contributed by atoms with Gasteiger partial charge in [0, 0.05) is 17.1 Å². The number of ether oxygens (including phenoxy) is 1. The molecule has 24 heavy (non-hydrogen) atoms. The third-order valence-electron chi connectivity index (χ3n) is 3.73. The number of carbonyl (C=O) groups is 1. The molecule has 0 aliphatic heterocycles. The number of methoxy groups -OCH3 is 1. The first-order chi connectivity index (χ1) is 11.7. The van der Waals surface area contributed by atoms with E-state index in [-0.39, 0.29) is 5.91 Å². The summed E-state index contributed by atoms with van der Waals surface area (Å²) in [5, 5.41) is 4.76. The van der Waals surface area contributed by atoms with Crippen LogP contribution in [0.2, 0.25) is 5.02 Å². The molecule has 5 nitrogen and oxygen atoms in total. The lowest BCUT2D eigenvalue weighted by Crippen LogP contribution is -2.10. The van der Waals surface area contributed by atoms with E-state index >= 15 is 0 Å². The van der Waals surface area contributed by atoms with Gasteiger partial charge in [0.25, 0.3) is 5.91 Å². The van der Waals surface area contributed by atoms with E-state index in [0.29, 0.717) is 27.0 Å². The van der Waals surface area contributed by atoms with Crippen LogP contribution in [-0.4, -0.2) is 23.0 Å². The van der Waals surface area contributed by atoms with Crippen LogP contribution in [0.25, 0.3) is 21.1 Å². The lowest BCUT2D eigenvalue weighted by Gasteiger charge is -2.00. The molecule has 0 atom stereocenters. The highest BCUT2D eigenvalue weighted by Crippen LogP contribution is 2.37. The first kappa shape index (κ1) is 15.0. The van der Waals surface area contributed by atoms with Crippen LogP contribution in [0.3, 0.4) is 0 Å². The number of amides is 1. The number of hydrogen-bond acceptors (Lipinski definition) is 4. The molecule has 0 aliphatic rings. The molecule has 7 heteroatoms. The van der Waals surface area contributed by atoms with Gasteiger partial charge in [-0.15, -0.1) is 0 Å². The smallest absolute Gasteiger partial charge is 0.259 e. The SMILES string of the molecule is COc1ccc(Cl)c2sc(NC(=O)c3c[nH]c4ccccc34)nc12. The zero-order valence-electron chi connectivity index (χ0n) is 12.6. The Morgan fingerprint density at radius 1 is 1.29 bits per heavy atom. The fraction of sp³-hybridized carbons (Fsp3) is 0.0588. The molecule has 1 amide bonds. The van der Waals surface area contributed by atoms with Crippen LogP contribution in [0.5, 0.6) is 5.75 Å². The van der Waals surface area contributed by atoms with Crippen molar-refractivity contribution in [3.05, 3.63) is 53.2 Å². The van der Waals surface area contributed by atoms with Gasteiger partial charge in [-0.05, 0) is 18.2 Å². The summed E-state index contributed by atoms with van der Waals surface area (Å²) in [5.41, 5.74) is 2.13. The van der Waals surface area contributed by atoms with Crippen molar-refractivity contribution in [2.75, 3.05) is 12.4 Å². The molecule has 4 aromatic rings. The number of nitrogens with one attached hydrogen (secondary N) is 2. The Morgan fingerprint density at radius 2 is 2.12 bits per heavy atom. The summed E-state index contributed by atoms with van der Waals surface area (Å²) in [7, 11) is 1.58. The number of benzene rings is 2. The zero-order valence-corrected chi connectivity index (χ0v) is 14.2. The van der Waals surface area contributed by atoms with Gasteiger partial charge >= 0.3 is 0 Å². The highest BCUT2D eigenvalue weighted by atomic mass is 35.5. The summed E-state index contributed by atoms with van der Waals surface area (Å²) in [5.74, 6) is 0.403. The van der Waals surface area contributed by atoms with Crippen molar-refractivity contribution in [1.82, 2.24) is 9.97 Å². The fourth-order valence-electron chi connectivity index (χ4n) is 2.59. The number of aromatic amines is 1. The molecule has 0 saturated heterocycles. The number of anilines is 1. The zero-order chi connectivity index (χ0) is 16.7. The maximum Gasteiger partial charge on any atom is 0.259 e. The van der Waals surface area contributed by atoms with E-state index in [1.54, 1.807) is 25.4 Å². The molecule has 2 heterocycles. The Morgan fingerprint density at radius 3 is 2.96 bits per heavy atom. The van der Waals surface area contributed by atoms with E-state index in [9.17, 15) is 4.79 Å². The number of hydrogen-bond donors (Lipinski definition) is 2. The maximum absolute atomic E-state index is 12.6. The summed E-state index contributed by atoms with van der Waals surface area (Å²) in [6.07, 6.45) is 1.70. The van der Waals surface area contributed by atoms with E-state index in [0.717, 1.165) is 15.6 Å². The predicted octanol–water partition coefficient (Wildman–Crippen LogP) is 4.69. The van der Waals surface area contributed by atoms with Crippen LogP contribution in [0.4, 0.5) is 5.13 Å². The summed E-state index contributed by atoms with van der Waals surface area (Å²) >= 11 is 7.53. The van der Waals surface area contributed by atoms with Gasteiger partial charge in [-0.3, -0.25) is 10.1 Å². The second-order valence-electron chi connectivity index (χ2n) is 5.15. The molecule has 4 rings (SSSR count). The average Bonchev–Trinajstić information content (AvgIpc) is 3.19. The summed E-state index contributed by atoms with van der Waals surface area (Å²) in [6.45, 7) is 0. The lowest BCUT2D eigenvalue weighted by atomic mass is 10.2. The maximum atomic E-state index is 12.6. The minimum absolute atomic E-state index is 0.221. The van der Waals surface area contributed by atoms with Gasteiger partial charge in [0.2, 0.25) is 0 Å². The Hall–Kier alpha value is -2.57. The minimum Gasteiger partial charge on any atom is -0.494 e. The van der Waals surface area contributed by atoms with Gasteiger partial charge < -0.3 is 9.72 Å².